The van der Waals surface area contributed by atoms with Crippen LogP contribution < -0.4 is 22.4 Å². The molecule has 0 aromatic heterocycles. The van der Waals surface area contributed by atoms with Crippen molar-refractivity contribution < 1.29 is 18.4 Å². The maximum atomic E-state index is 14.2. The summed E-state index contributed by atoms with van der Waals surface area (Å²) in [7, 11) is 0. The first-order valence-electron chi connectivity index (χ1n) is 14.1. The van der Waals surface area contributed by atoms with Gasteiger partial charge in [-0.3, -0.25) is 14.6 Å². The number of hydrazine groups is 1. The molecule has 1 aliphatic heterocycles. The van der Waals surface area contributed by atoms with E-state index in [4.69, 9.17) is 16.6 Å². The van der Waals surface area contributed by atoms with Crippen LogP contribution in [-0.4, -0.2) is 40.5 Å². The number of nitrogens with two attached hydrogens (primary N) is 2. The van der Waals surface area contributed by atoms with Crippen molar-refractivity contribution in [3.05, 3.63) is 70.8 Å². The molecule has 2 amide bonds. The number of unbranched alkanes of at least 4 members (excludes halogenated alkanes) is 1. The summed E-state index contributed by atoms with van der Waals surface area (Å²) < 4.78 is 28.4. The lowest BCUT2D eigenvalue weighted by Gasteiger charge is -2.47. The van der Waals surface area contributed by atoms with Gasteiger partial charge in [-0.25, -0.2) is 20.2 Å². The second kappa shape index (κ2) is 12.8. The van der Waals surface area contributed by atoms with Gasteiger partial charge in [0.05, 0.1) is 12.6 Å². The largest absolute Gasteiger partial charge is 0.384 e. The molecule has 1 heterocycles. The molecule has 2 aromatic carbocycles. The van der Waals surface area contributed by atoms with E-state index in [1.807, 2.05) is 17.0 Å². The van der Waals surface area contributed by atoms with E-state index in [1.54, 1.807) is 12.1 Å². The van der Waals surface area contributed by atoms with E-state index >= 15 is 0 Å². The van der Waals surface area contributed by atoms with Crippen LogP contribution in [0.15, 0.2) is 52.6 Å². The minimum absolute atomic E-state index is 0.0197. The highest BCUT2D eigenvalue weighted by Gasteiger charge is 2.53. The summed E-state index contributed by atoms with van der Waals surface area (Å²) in [6.07, 6.45) is 4.79. The standard InChI is InChI=1S/C30H39F2N7O2/c1-4-5-6-25(20-7-9-21(10-8-20)28(40)35-17-26(33)37-38-34)39-29(41)27(22-12-23(31)14-24(32)13-22)36-30(39)15-18(2)11-19(3)16-30/h7-10,12-14,18-19,25,38H,4-6,11,15-17,34H2,1-3H3,(H2,33,37)(H,35,40)/t18?,19?,25-,30?/m1/s1. The third-order valence-corrected chi connectivity index (χ3v) is 7.82. The van der Waals surface area contributed by atoms with Crippen LogP contribution in [0, 0.1) is 23.5 Å². The Kier molecular flexibility index (Phi) is 9.37. The fraction of sp³-hybridized carbons (Fsp3) is 0.467. The highest BCUT2D eigenvalue weighted by Crippen LogP contribution is 2.48. The zero-order valence-electron chi connectivity index (χ0n) is 23.8. The third kappa shape index (κ3) is 6.73. The quantitative estimate of drug-likeness (QED) is 0.148. The molecule has 1 spiro atoms. The van der Waals surface area contributed by atoms with Crippen molar-refractivity contribution >= 4 is 23.4 Å². The number of carbonyl (C=O) groups is 2. The number of rotatable bonds is 10. The molecule has 1 fully saturated rings. The molecule has 220 valence electrons. The Hall–Kier alpha value is -3.86. The number of hydrogen-bond donors (Lipinski definition) is 4. The van der Waals surface area contributed by atoms with Gasteiger partial charge in [-0.15, -0.1) is 0 Å². The number of amides is 2. The van der Waals surface area contributed by atoms with Gasteiger partial charge in [-0.1, -0.05) is 45.7 Å². The van der Waals surface area contributed by atoms with Gasteiger partial charge in [0.2, 0.25) is 0 Å². The third-order valence-electron chi connectivity index (χ3n) is 7.82. The zero-order valence-corrected chi connectivity index (χ0v) is 23.8. The summed E-state index contributed by atoms with van der Waals surface area (Å²) in [4.78, 5) is 33.8. The molecule has 0 bridgehead atoms. The molecular formula is C30H39F2N7O2. The molecule has 2 aliphatic rings. The molecule has 6 N–H and O–H groups in total. The lowest BCUT2D eigenvalue weighted by atomic mass is 9.75. The molecule has 1 saturated carbocycles. The van der Waals surface area contributed by atoms with E-state index in [0.29, 0.717) is 36.7 Å². The van der Waals surface area contributed by atoms with Crippen LogP contribution in [0.4, 0.5) is 8.78 Å². The topological polar surface area (TPSA) is 138 Å². The van der Waals surface area contributed by atoms with E-state index in [-0.39, 0.29) is 41.5 Å². The van der Waals surface area contributed by atoms with Crippen molar-refractivity contribution in [1.82, 2.24) is 15.8 Å². The number of hydrazone groups is 1. The molecule has 2 unspecified atom stereocenters. The fourth-order valence-electron chi connectivity index (χ4n) is 6.36. The number of hydrogen-bond acceptors (Lipinski definition) is 6. The maximum Gasteiger partial charge on any atom is 0.275 e. The summed E-state index contributed by atoms with van der Waals surface area (Å²) in [6.45, 7) is 6.42. The smallest absolute Gasteiger partial charge is 0.275 e. The van der Waals surface area contributed by atoms with E-state index < -0.39 is 17.3 Å². The number of amidine groups is 1. The van der Waals surface area contributed by atoms with Gasteiger partial charge in [0.1, 0.15) is 28.8 Å². The summed E-state index contributed by atoms with van der Waals surface area (Å²) in [5.41, 5.74) is 8.44. The van der Waals surface area contributed by atoms with Gasteiger partial charge in [-0.05, 0) is 67.3 Å². The molecule has 2 aromatic rings. The van der Waals surface area contributed by atoms with Crippen molar-refractivity contribution in [3.8, 4) is 0 Å². The van der Waals surface area contributed by atoms with Crippen molar-refractivity contribution in [2.45, 2.75) is 71.0 Å². The van der Waals surface area contributed by atoms with Crippen LogP contribution in [0.2, 0.25) is 0 Å². The number of carbonyl (C=O) groups excluding carboxylic acids is 2. The molecular weight excluding hydrogens is 528 g/mol. The van der Waals surface area contributed by atoms with Crippen molar-refractivity contribution in [1.29, 1.82) is 0 Å². The molecule has 3 atom stereocenters. The van der Waals surface area contributed by atoms with Gasteiger partial charge in [-0.2, -0.15) is 5.10 Å². The fourth-order valence-corrected chi connectivity index (χ4v) is 6.36. The van der Waals surface area contributed by atoms with Crippen LogP contribution in [0.1, 0.15) is 86.8 Å². The van der Waals surface area contributed by atoms with Gasteiger partial charge in [0, 0.05) is 17.2 Å². The normalized spacial score (nSPS) is 23.5. The first-order valence-corrected chi connectivity index (χ1v) is 14.1. The molecule has 11 heteroatoms. The monoisotopic (exact) mass is 567 g/mol. The highest BCUT2D eigenvalue weighted by molar-refractivity contribution is 6.46. The molecule has 0 radical (unpaired) electrons. The van der Waals surface area contributed by atoms with Gasteiger partial charge < -0.3 is 16.0 Å². The van der Waals surface area contributed by atoms with Crippen molar-refractivity contribution in [3.63, 3.8) is 0 Å². The highest BCUT2D eigenvalue weighted by atomic mass is 19.1. The molecule has 4 rings (SSSR count). The minimum atomic E-state index is -0.825. The van der Waals surface area contributed by atoms with Crippen LogP contribution >= 0.6 is 0 Å². The second-order valence-electron chi connectivity index (χ2n) is 11.3. The second-order valence-corrected chi connectivity index (χ2v) is 11.3. The summed E-state index contributed by atoms with van der Waals surface area (Å²) in [5.74, 6) is 3.68. The molecule has 41 heavy (non-hydrogen) atoms. The average Bonchev–Trinajstić information content (AvgIpc) is 3.17. The van der Waals surface area contributed by atoms with Crippen LogP contribution in [0.25, 0.3) is 0 Å². The minimum Gasteiger partial charge on any atom is -0.384 e. The predicted molar refractivity (Wildman–Crippen MR) is 155 cm³/mol. The van der Waals surface area contributed by atoms with Crippen LogP contribution in [-0.2, 0) is 4.79 Å². The number of aliphatic imine (C=N–C) groups is 1. The van der Waals surface area contributed by atoms with Crippen molar-refractivity contribution in [2.24, 2.45) is 33.5 Å². The van der Waals surface area contributed by atoms with E-state index in [9.17, 15) is 18.4 Å². The van der Waals surface area contributed by atoms with Crippen molar-refractivity contribution in [2.75, 3.05) is 6.54 Å². The summed E-state index contributed by atoms with van der Waals surface area (Å²) >= 11 is 0. The number of nitrogens with zero attached hydrogens (tertiary/aromatic N) is 3. The Morgan fingerprint density at radius 3 is 2.37 bits per heavy atom. The van der Waals surface area contributed by atoms with Crippen LogP contribution in [0.5, 0.6) is 0 Å². The van der Waals surface area contributed by atoms with E-state index in [2.05, 4.69) is 36.7 Å². The Labute approximate surface area is 239 Å². The Bertz CT molecular complexity index is 1300. The van der Waals surface area contributed by atoms with Gasteiger partial charge in [0.25, 0.3) is 11.8 Å². The number of benzene rings is 2. The predicted octanol–water partition coefficient (Wildman–Crippen LogP) is 4.15. The Morgan fingerprint density at radius 1 is 1.15 bits per heavy atom. The zero-order chi connectivity index (χ0) is 29.7. The van der Waals surface area contributed by atoms with E-state index in [0.717, 1.165) is 30.9 Å². The van der Waals surface area contributed by atoms with Gasteiger partial charge >= 0.3 is 0 Å². The van der Waals surface area contributed by atoms with E-state index in [1.165, 1.54) is 12.1 Å². The number of halogens is 2. The Morgan fingerprint density at radius 2 is 1.78 bits per heavy atom. The summed E-state index contributed by atoms with van der Waals surface area (Å²) in [5, 5.41) is 6.30. The molecule has 1 aliphatic carbocycles. The lowest BCUT2D eigenvalue weighted by Crippen LogP contribution is -2.52. The summed E-state index contributed by atoms with van der Waals surface area (Å²) in [6, 6.07) is 9.91. The number of nitrogens with one attached hydrogen (secondary N) is 2. The molecule has 9 nitrogen and oxygen atoms in total. The molecule has 0 saturated heterocycles. The Balaban J connectivity index is 1.71. The lowest BCUT2D eigenvalue weighted by molar-refractivity contribution is -0.134. The first kappa shape index (κ1) is 30.1. The van der Waals surface area contributed by atoms with Crippen LogP contribution in [0.3, 0.4) is 0 Å². The van der Waals surface area contributed by atoms with Gasteiger partial charge in [0.15, 0.2) is 0 Å². The average molecular weight is 568 g/mol. The SMILES string of the molecule is CCCC[C@H](c1ccc(C(=O)NC/C(N)=N/NN)cc1)N1C(=O)C(c2cc(F)cc(F)c2)=NC12CC(C)CC(C)C2. The maximum absolute atomic E-state index is 14.2. The first-order chi connectivity index (χ1) is 19.6.